The van der Waals surface area contributed by atoms with Gasteiger partial charge in [-0.1, -0.05) is 6.07 Å². The Bertz CT molecular complexity index is 474. The second-order valence-corrected chi connectivity index (χ2v) is 5.30. The van der Waals surface area contributed by atoms with Gasteiger partial charge in [-0.2, -0.15) is 0 Å². The highest BCUT2D eigenvalue weighted by atomic mass is 32.1. The third-order valence-corrected chi connectivity index (χ3v) is 3.93. The molecule has 3 heterocycles. The number of thiazole rings is 1. The molecule has 1 saturated heterocycles. The van der Waals surface area contributed by atoms with Gasteiger partial charge in [0.15, 0.2) is 0 Å². The molecule has 0 bridgehead atoms. The SMILES string of the molecule is c1cncc(Cc2nc([C@@H]3CCCN3)cs2)c1. The van der Waals surface area contributed by atoms with E-state index in [-0.39, 0.29) is 0 Å². The Hall–Kier alpha value is -1.26. The lowest BCUT2D eigenvalue weighted by Crippen LogP contribution is -2.13. The number of rotatable bonds is 3. The first-order valence-corrected chi connectivity index (χ1v) is 6.86. The molecule has 0 spiro atoms. The Balaban J connectivity index is 1.72. The molecule has 0 aliphatic carbocycles. The van der Waals surface area contributed by atoms with Crippen molar-refractivity contribution in [2.24, 2.45) is 0 Å². The van der Waals surface area contributed by atoms with Gasteiger partial charge in [0.25, 0.3) is 0 Å². The molecular formula is C13H15N3S. The van der Waals surface area contributed by atoms with E-state index in [0.29, 0.717) is 6.04 Å². The summed E-state index contributed by atoms with van der Waals surface area (Å²) in [6.45, 7) is 1.13. The zero-order valence-corrected chi connectivity index (χ0v) is 10.4. The van der Waals surface area contributed by atoms with Crippen molar-refractivity contribution in [2.45, 2.75) is 25.3 Å². The molecule has 17 heavy (non-hydrogen) atoms. The molecule has 1 N–H and O–H groups in total. The van der Waals surface area contributed by atoms with E-state index < -0.39 is 0 Å². The summed E-state index contributed by atoms with van der Waals surface area (Å²) in [5.74, 6) is 0. The molecule has 1 aliphatic heterocycles. The van der Waals surface area contributed by atoms with E-state index in [4.69, 9.17) is 4.98 Å². The smallest absolute Gasteiger partial charge is 0.0973 e. The van der Waals surface area contributed by atoms with E-state index in [9.17, 15) is 0 Å². The highest BCUT2D eigenvalue weighted by Gasteiger charge is 2.18. The van der Waals surface area contributed by atoms with Crippen LogP contribution in [-0.2, 0) is 6.42 Å². The fourth-order valence-electron chi connectivity index (χ4n) is 2.18. The first-order chi connectivity index (χ1) is 8.42. The molecule has 1 atom stereocenters. The van der Waals surface area contributed by atoms with Gasteiger partial charge in [0.2, 0.25) is 0 Å². The monoisotopic (exact) mass is 245 g/mol. The molecule has 3 nitrogen and oxygen atoms in total. The second kappa shape index (κ2) is 4.94. The zero-order valence-electron chi connectivity index (χ0n) is 9.60. The number of hydrogen-bond acceptors (Lipinski definition) is 4. The first-order valence-electron chi connectivity index (χ1n) is 5.98. The summed E-state index contributed by atoms with van der Waals surface area (Å²) in [4.78, 5) is 8.85. The van der Waals surface area contributed by atoms with Crippen LogP contribution in [-0.4, -0.2) is 16.5 Å². The van der Waals surface area contributed by atoms with Crippen LogP contribution in [0.25, 0.3) is 0 Å². The Kier molecular flexibility index (Phi) is 3.16. The molecule has 0 unspecified atom stereocenters. The molecule has 3 rings (SSSR count). The minimum absolute atomic E-state index is 0.480. The van der Waals surface area contributed by atoms with E-state index in [1.807, 2.05) is 12.3 Å². The molecule has 0 saturated carbocycles. The van der Waals surface area contributed by atoms with Crippen LogP contribution in [0.5, 0.6) is 0 Å². The summed E-state index contributed by atoms with van der Waals surface area (Å²) in [5, 5.41) is 6.85. The zero-order chi connectivity index (χ0) is 11.5. The van der Waals surface area contributed by atoms with Crippen LogP contribution in [0.4, 0.5) is 0 Å². The summed E-state index contributed by atoms with van der Waals surface area (Å²) in [5.41, 5.74) is 2.44. The number of pyridine rings is 1. The molecule has 0 aromatic carbocycles. The molecule has 88 valence electrons. The Morgan fingerprint density at radius 1 is 1.47 bits per heavy atom. The third kappa shape index (κ3) is 2.53. The van der Waals surface area contributed by atoms with Crippen molar-refractivity contribution >= 4 is 11.3 Å². The van der Waals surface area contributed by atoms with Gasteiger partial charge in [0.1, 0.15) is 0 Å². The average Bonchev–Trinajstić information content (AvgIpc) is 3.00. The van der Waals surface area contributed by atoms with Crippen molar-refractivity contribution in [1.82, 2.24) is 15.3 Å². The highest BCUT2D eigenvalue weighted by molar-refractivity contribution is 7.09. The maximum absolute atomic E-state index is 4.72. The largest absolute Gasteiger partial charge is 0.309 e. The fraction of sp³-hybridized carbons (Fsp3) is 0.385. The van der Waals surface area contributed by atoms with E-state index in [1.165, 1.54) is 29.1 Å². The van der Waals surface area contributed by atoms with Gasteiger partial charge in [0.05, 0.1) is 16.7 Å². The minimum atomic E-state index is 0.480. The molecule has 1 fully saturated rings. The van der Waals surface area contributed by atoms with Crippen LogP contribution in [0.15, 0.2) is 29.9 Å². The van der Waals surface area contributed by atoms with Crippen molar-refractivity contribution in [2.75, 3.05) is 6.54 Å². The van der Waals surface area contributed by atoms with Crippen LogP contribution in [0.3, 0.4) is 0 Å². The van der Waals surface area contributed by atoms with Crippen molar-refractivity contribution < 1.29 is 0 Å². The molecule has 4 heteroatoms. The summed E-state index contributed by atoms with van der Waals surface area (Å²) in [6.07, 6.45) is 7.09. The van der Waals surface area contributed by atoms with Gasteiger partial charge in [-0.25, -0.2) is 4.98 Å². The Labute approximate surface area is 105 Å². The number of hydrogen-bond donors (Lipinski definition) is 1. The molecular weight excluding hydrogens is 230 g/mol. The maximum Gasteiger partial charge on any atom is 0.0973 e. The van der Waals surface area contributed by atoms with E-state index in [0.717, 1.165) is 13.0 Å². The standard InChI is InChI=1S/C13H15N3S/c1-3-10(8-14-5-1)7-13-16-12(9-17-13)11-4-2-6-15-11/h1,3,5,8-9,11,15H,2,4,6-7H2/t11-/m0/s1. The summed E-state index contributed by atoms with van der Waals surface area (Å²) < 4.78 is 0. The van der Waals surface area contributed by atoms with Crippen molar-refractivity contribution in [3.8, 4) is 0 Å². The lowest BCUT2D eigenvalue weighted by Gasteiger charge is -2.04. The van der Waals surface area contributed by atoms with E-state index in [1.54, 1.807) is 17.5 Å². The Morgan fingerprint density at radius 2 is 2.47 bits per heavy atom. The van der Waals surface area contributed by atoms with Crippen molar-refractivity contribution in [3.05, 3.63) is 46.2 Å². The van der Waals surface area contributed by atoms with Gasteiger partial charge in [-0.3, -0.25) is 4.98 Å². The number of aromatic nitrogens is 2. The topological polar surface area (TPSA) is 37.8 Å². The third-order valence-electron chi connectivity index (χ3n) is 3.06. The quantitative estimate of drug-likeness (QED) is 0.903. The van der Waals surface area contributed by atoms with Gasteiger partial charge in [-0.15, -0.1) is 11.3 Å². The number of nitrogens with zero attached hydrogens (tertiary/aromatic N) is 2. The fourth-order valence-corrected chi connectivity index (χ4v) is 3.06. The molecule has 0 amide bonds. The van der Waals surface area contributed by atoms with Crippen LogP contribution >= 0.6 is 11.3 Å². The average molecular weight is 245 g/mol. The summed E-state index contributed by atoms with van der Waals surface area (Å²) in [6, 6.07) is 4.55. The van der Waals surface area contributed by atoms with Gasteiger partial charge in [0, 0.05) is 24.2 Å². The summed E-state index contributed by atoms with van der Waals surface area (Å²) >= 11 is 1.75. The van der Waals surface area contributed by atoms with Gasteiger partial charge >= 0.3 is 0 Å². The van der Waals surface area contributed by atoms with Crippen LogP contribution in [0.2, 0.25) is 0 Å². The summed E-state index contributed by atoms with van der Waals surface area (Å²) in [7, 11) is 0. The number of nitrogens with one attached hydrogen (secondary N) is 1. The molecule has 1 aliphatic rings. The highest BCUT2D eigenvalue weighted by Crippen LogP contribution is 2.25. The molecule has 0 radical (unpaired) electrons. The molecule has 2 aromatic heterocycles. The van der Waals surface area contributed by atoms with E-state index >= 15 is 0 Å². The minimum Gasteiger partial charge on any atom is -0.309 e. The predicted molar refractivity (Wildman–Crippen MR) is 69.1 cm³/mol. The lowest BCUT2D eigenvalue weighted by molar-refractivity contribution is 0.630. The van der Waals surface area contributed by atoms with Gasteiger partial charge < -0.3 is 5.32 Å². The van der Waals surface area contributed by atoms with Crippen LogP contribution in [0, 0.1) is 0 Å². The van der Waals surface area contributed by atoms with Crippen molar-refractivity contribution in [3.63, 3.8) is 0 Å². The molecule has 2 aromatic rings. The lowest BCUT2D eigenvalue weighted by atomic mass is 10.2. The van der Waals surface area contributed by atoms with Crippen molar-refractivity contribution in [1.29, 1.82) is 0 Å². The Morgan fingerprint density at radius 3 is 3.24 bits per heavy atom. The van der Waals surface area contributed by atoms with Gasteiger partial charge in [-0.05, 0) is 31.0 Å². The normalized spacial score (nSPS) is 19.6. The second-order valence-electron chi connectivity index (χ2n) is 4.35. The van der Waals surface area contributed by atoms with Crippen LogP contribution in [0.1, 0.15) is 35.1 Å². The van der Waals surface area contributed by atoms with Crippen LogP contribution < -0.4 is 5.32 Å². The first kappa shape index (κ1) is 10.9. The van der Waals surface area contributed by atoms with E-state index in [2.05, 4.69) is 21.7 Å². The predicted octanol–water partition coefficient (Wildman–Crippen LogP) is 2.55. The maximum atomic E-state index is 4.72.